The van der Waals surface area contributed by atoms with Gasteiger partial charge in [0.05, 0.1) is 0 Å². The summed E-state index contributed by atoms with van der Waals surface area (Å²) >= 11 is 3.46. The Morgan fingerprint density at radius 2 is 2.00 bits per heavy atom. The highest BCUT2D eigenvalue weighted by atomic mass is 79.9. The van der Waals surface area contributed by atoms with Crippen molar-refractivity contribution in [3.05, 3.63) is 16.5 Å². The lowest BCUT2D eigenvalue weighted by Gasteiger charge is -2.34. The van der Waals surface area contributed by atoms with E-state index in [1.165, 1.54) is 32.1 Å². The van der Waals surface area contributed by atoms with Gasteiger partial charge in [0.2, 0.25) is 0 Å². The monoisotopic (exact) mass is 297 g/mol. The van der Waals surface area contributed by atoms with Crippen LogP contribution >= 0.6 is 15.9 Å². The molecule has 94 valence electrons. The third-order valence-corrected chi connectivity index (χ3v) is 3.85. The quantitative estimate of drug-likeness (QED) is 0.797. The predicted molar refractivity (Wildman–Crippen MR) is 74.4 cm³/mol. The van der Waals surface area contributed by atoms with Gasteiger partial charge >= 0.3 is 0 Å². The molecule has 0 amide bonds. The SMILES string of the molecule is CCN(c1cc(Br)nc(C)n1)C1CCCCC1. The van der Waals surface area contributed by atoms with Crippen molar-refractivity contribution in [2.45, 2.75) is 52.0 Å². The topological polar surface area (TPSA) is 29.0 Å². The molecular formula is C13H20BrN3. The smallest absolute Gasteiger partial charge is 0.133 e. The van der Waals surface area contributed by atoms with E-state index in [4.69, 9.17) is 0 Å². The van der Waals surface area contributed by atoms with E-state index >= 15 is 0 Å². The average Bonchev–Trinajstić information content (AvgIpc) is 2.30. The van der Waals surface area contributed by atoms with Crippen LogP contribution in [0, 0.1) is 6.92 Å². The Labute approximate surface area is 112 Å². The van der Waals surface area contributed by atoms with Crippen molar-refractivity contribution in [2.24, 2.45) is 0 Å². The molecule has 1 saturated carbocycles. The normalized spacial score (nSPS) is 17.1. The highest BCUT2D eigenvalue weighted by Gasteiger charge is 2.21. The van der Waals surface area contributed by atoms with Crippen molar-refractivity contribution in [3.8, 4) is 0 Å². The minimum absolute atomic E-state index is 0.662. The predicted octanol–water partition coefficient (Wildman–Crippen LogP) is 3.71. The number of aromatic nitrogens is 2. The third-order valence-electron chi connectivity index (χ3n) is 3.44. The molecule has 3 nitrogen and oxygen atoms in total. The van der Waals surface area contributed by atoms with E-state index in [9.17, 15) is 0 Å². The minimum Gasteiger partial charge on any atom is -0.354 e. The third kappa shape index (κ3) is 3.18. The Kier molecular flexibility index (Phi) is 4.37. The van der Waals surface area contributed by atoms with Gasteiger partial charge in [-0.15, -0.1) is 0 Å². The molecule has 1 heterocycles. The largest absolute Gasteiger partial charge is 0.354 e. The molecule has 0 unspecified atom stereocenters. The number of hydrogen-bond donors (Lipinski definition) is 0. The highest BCUT2D eigenvalue weighted by molar-refractivity contribution is 9.10. The molecule has 4 heteroatoms. The summed E-state index contributed by atoms with van der Waals surface area (Å²) in [5.74, 6) is 1.91. The summed E-state index contributed by atoms with van der Waals surface area (Å²) in [6.07, 6.45) is 6.70. The van der Waals surface area contributed by atoms with E-state index in [0.29, 0.717) is 6.04 Å². The summed E-state index contributed by atoms with van der Waals surface area (Å²) in [6.45, 7) is 5.18. The van der Waals surface area contributed by atoms with Gasteiger partial charge < -0.3 is 4.90 Å². The first-order valence-corrected chi connectivity index (χ1v) is 7.28. The lowest BCUT2D eigenvalue weighted by atomic mass is 9.94. The molecule has 0 spiro atoms. The highest BCUT2D eigenvalue weighted by Crippen LogP contribution is 2.27. The van der Waals surface area contributed by atoms with Crippen LogP contribution < -0.4 is 4.90 Å². The van der Waals surface area contributed by atoms with E-state index in [0.717, 1.165) is 22.8 Å². The molecule has 0 aromatic carbocycles. The molecule has 0 atom stereocenters. The fourth-order valence-corrected chi connectivity index (χ4v) is 3.12. The number of halogens is 1. The van der Waals surface area contributed by atoms with Gasteiger partial charge in [-0.25, -0.2) is 9.97 Å². The van der Waals surface area contributed by atoms with E-state index < -0.39 is 0 Å². The average molecular weight is 298 g/mol. The van der Waals surface area contributed by atoms with Crippen molar-refractivity contribution < 1.29 is 0 Å². The van der Waals surface area contributed by atoms with Crippen LogP contribution in [0.15, 0.2) is 10.7 Å². The Morgan fingerprint density at radius 1 is 1.29 bits per heavy atom. The zero-order valence-electron chi connectivity index (χ0n) is 10.6. The van der Waals surface area contributed by atoms with E-state index in [1.807, 2.05) is 13.0 Å². The molecule has 0 N–H and O–H groups in total. The summed E-state index contributed by atoms with van der Waals surface area (Å²) in [4.78, 5) is 11.3. The Hall–Kier alpha value is -0.640. The molecule has 1 aliphatic rings. The van der Waals surface area contributed by atoms with Crippen LogP contribution in [0.5, 0.6) is 0 Å². The van der Waals surface area contributed by atoms with Crippen LogP contribution in [-0.4, -0.2) is 22.6 Å². The van der Waals surface area contributed by atoms with Crippen LogP contribution in [0.25, 0.3) is 0 Å². The summed E-state index contributed by atoms with van der Waals surface area (Å²) in [5, 5.41) is 0. The summed E-state index contributed by atoms with van der Waals surface area (Å²) in [5.41, 5.74) is 0. The zero-order valence-corrected chi connectivity index (χ0v) is 12.2. The van der Waals surface area contributed by atoms with Gasteiger partial charge in [-0.1, -0.05) is 19.3 Å². The number of hydrogen-bond acceptors (Lipinski definition) is 3. The fourth-order valence-electron chi connectivity index (χ4n) is 2.66. The molecular weight excluding hydrogens is 278 g/mol. The van der Waals surface area contributed by atoms with Gasteiger partial charge in [0.15, 0.2) is 0 Å². The molecule has 0 saturated heterocycles. The number of rotatable bonds is 3. The van der Waals surface area contributed by atoms with Crippen LogP contribution in [0.3, 0.4) is 0 Å². The van der Waals surface area contributed by atoms with E-state index in [-0.39, 0.29) is 0 Å². The fraction of sp³-hybridized carbons (Fsp3) is 0.692. The lowest BCUT2D eigenvalue weighted by molar-refractivity contribution is 0.416. The van der Waals surface area contributed by atoms with Crippen LogP contribution in [0.4, 0.5) is 5.82 Å². The molecule has 0 aliphatic heterocycles. The molecule has 1 fully saturated rings. The van der Waals surface area contributed by atoms with Crippen molar-refractivity contribution in [2.75, 3.05) is 11.4 Å². The maximum atomic E-state index is 4.57. The first-order valence-electron chi connectivity index (χ1n) is 6.48. The van der Waals surface area contributed by atoms with Crippen molar-refractivity contribution in [1.29, 1.82) is 0 Å². The number of aryl methyl sites for hydroxylation is 1. The van der Waals surface area contributed by atoms with Crippen molar-refractivity contribution in [3.63, 3.8) is 0 Å². The number of anilines is 1. The molecule has 1 aliphatic carbocycles. The Balaban J connectivity index is 2.21. The second-order valence-corrected chi connectivity index (χ2v) is 5.49. The molecule has 0 radical (unpaired) electrons. The number of nitrogens with zero attached hydrogens (tertiary/aromatic N) is 3. The van der Waals surface area contributed by atoms with Gasteiger partial charge in [-0.2, -0.15) is 0 Å². The van der Waals surface area contributed by atoms with E-state index in [1.54, 1.807) is 0 Å². The maximum Gasteiger partial charge on any atom is 0.133 e. The van der Waals surface area contributed by atoms with Gasteiger partial charge in [0.25, 0.3) is 0 Å². The Bertz CT molecular complexity index is 355. The van der Waals surface area contributed by atoms with Crippen molar-refractivity contribution >= 4 is 21.7 Å². The van der Waals surface area contributed by atoms with Gasteiger partial charge in [0.1, 0.15) is 16.2 Å². The summed E-state index contributed by atoms with van der Waals surface area (Å²) in [7, 11) is 0. The summed E-state index contributed by atoms with van der Waals surface area (Å²) < 4.78 is 0.884. The molecule has 0 bridgehead atoms. The molecule has 1 aromatic rings. The second-order valence-electron chi connectivity index (χ2n) is 4.67. The van der Waals surface area contributed by atoms with Crippen LogP contribution in [0.1, 0.15) is 44.9 Å². The van der Waals surface area contributed by atoms with Crippen LogP contribution in [0.2, 0.25) is 0 Å². The summed E-state index contributed by atoms with van der Waals surface area (Å²) in [6, 6.07) is 2.69. The van der Waals surface area contributed by atoms with Gasteiger partial charge in [-0.05, 0) is 42.6 Å². The van der Waals surface area contributed by atoms with Crippen LogP contribution in [-0.2, 0) is 0 Å². The second kappa shape index (κ2) is 5.80. The lowest BCUT2D eigenvalue weighted by Crippen LogP contribution is -2.37. The maximum absolute atomic E-state index is 4.57. The minimum atomic E-state index is 0.662. The Morgan fingerprint density at radius 3 is 2.59 bits per heavy atom. The van der Waals surface area contributed by atoms with Gasteiger partial charge in [-0.3, -0.25) is 0 Å². The zero-order chi connectivity index (χ0) is 12.3. The van der Waals surface area contributed by atoms with Crippen molar-refractivity contribution in [1.82, 2.24) is 9.97 Å². The van der Waals surface area contributed by atoms with Gasteiger partial charge in [0, 0.05) is 18.7 Å². The first-order chi connectivity index (χ1) is 8.20. The first kappa shape index (κ1) is 12.8. The molecule has 1 aromatic heterocycles. The standard InChI is InChI=1S/C13H20BrN3/c1-3-17(11-7-5-4-6-8-11)13-9-12(14)15-10(2)16-13/h9,11H,3-8H2,1-2H3. The van der Waals surface area contributed by atoms with E-state index in [2.05, 4.69) is 37.7 Å². The molecule has 17 heavy (non-hydrogen) atoms. The molecule has 2 rings (SSSR count).